The van der Waals surface area contributed by atoms with E-state index in [-0.39, 0.29) is 11.4 Å². The SMILES string of the molecule is COc1ccc(S(=O)(=O)N2CCC[C@H](O)C2)cc1OC. The third kappa shape index (κ3) is 2.89. The average molecular weight is 301 g/mol. The van der Waals surface area contributed by atoms with E-state index < -0.39 is 16.1 Å². The minimum atomic E-state index is -3.61. The van der Waals surface area contributed by atoms with Crippen LogP contribution in [0.1, 0.15) is 12.8 Å². The Bertz CT molecular complexity index is 572. The number of nitrogens with zero attached hydrogens (tertiary/aromatic N) is 1. The van der Waals surface area contributed by atoms with Crippen LogP contribution in [0.25, 0.3) is 0 Å². The molecule has 1 aliphatic heterocycles. The van der Waals surface area contributed by atoms with Gasteiger partial charge in [0.15, 0.2) is 11.5 Å². The summed E-state index contributed by atoms with van der Waals surface area (Å²) in [6, 6.07) is 4.49. The van der Waals surface area contributed by atoms with E-state index in [2.05, 4.69) is 0 Å². The first-order valence-electron chi connectivity index (χ1n) is 6.39. The van der Waals surface area contributed by atoms with Crippen LogP contribution in [0.3, 0.4) is 0 Å². The molecule has 0 amide bonds. The quantitative estimate of drug-likeness (QED) is 0.892. The van der Waals surface area contributed by atoms with Crippen LogP contribution in [0.4, 0.5) is 0 Å². The topological polar surface area (TPSA) is 76.1 Å². The fourth-order valence-electron chi connectivity index (χ4n) is 2.27. The minimum Gasteiger partial charge on any atom is -0.493 e. The van der Waals surface area contributed by atoms with E-state index in [1.165, 1.54) is 30.7 Å². The lowest BCUT2D eigenvalue weighted by Gasteiger charge is -2.29. The summed E-state index contributed by atoms with van der Waals surface area (Å²) in [6.07, 6.45) is 0.699. The summed E-state index contributed by atoms with van der Waals surface area (Å²) < 4.78 is 36.6. The van der Waals surface area contributed by atoms with Gasteiger partial charge in [-0.3, -0.25) is 0 Å². The van der Waals surface area contributed by atoms with Crippen LogP contribution in [-0.4, -0.2) is 51.2 Å². The van der Waals surface area contributed by atoms with Crippen molar-refractivity contribution < 1.29 is 23.0 Å². The molecular weight excluding hydrogens is 282 g/mol. The van der Waals surface area contributed by atoms with Crippen molar-refractivity contribution in [1.29, 1.82) is 0 Å². The Kier molecular flexibility index (Phi) is 4.52. The van der Waals surface area contributed by atoms with Crippen LogP contribution in [-0.2, 0) is 10.0 Å². The first-order valence-corrected chi connectivity index (χ1v) is 7.83. The Hall–Kier alpha value is -1.31. The van der Waals surface area contributed by atoms with Crippen LogP contribution in [0, 0.1) is 0 Å². The first kappa shape index (κ1) is 15.1. The molecule has 7 heteroatoms. The van der Waals surface area contributed by atoms with Gasteiger partial charge >= 0.3 is 0 Å². The molecule has 1 fully saturated rings. The standard InChI is InChI=1S/C13H19NO5S/c1-18-12-6-5-11(8-13(12)19-2)20(16,17)14-7-3-4-10(15)9-14/h5-6,8,10,15H,3-4,7,9H2,1-2H3/t10-/m0/s1. The highest BCUT2D eigenvalue weighted by molar-refractivity contribution is 7.89. The van der Waals surface area contributed by atoms with E-state index in [0.717, 1.165) is 0 Å². The molecule has 112 valence electrons. The smallest absolute Gasteiger partial charge is 0.243 e. The van der Waals surface area contributed by atoms with Crippen molar-refractivity contribution in [2.24, 2.45) is 0 Å². The molecule has 1 saturated heterocycles. The van der Waals surface area contributed by atoms with Crippen molar-refractivity contribution in [3.8, 4) is 11.5 Å². The van der Waals surface area contributed by atoms with Crippen LogP contribution in [0.2, 0.25) is 0 Å². The number of piperidine rings is 1. The van der Waals surface area contributed by atoms with Gasteiger partial charge in [-0.05, 0) is 25.0 Å². The molecule has 0 unspecified atom stereocenters. The van der Waals surface area contributed by atoms with Crippen LogP contribution >= 0.6 is 0 Å². The number of rotatable bonds is 4. The molecule has 1 heterocycles. The van der Waals surface area contributed by atoms with Crippen molar-refractivity contribution in [2.75, 3.05) is 27.3 Å². The molecule has 6 nitrogen and oxygen atoms in total. The molecule has 1 N–H and O–H groups in total. The lowest BCUT2D eigenvalue weighted by atomic mass is 10.1. The maximum atomic E-state index is 12.5. The summed E-state index contributed by atoms with van der Waals surface area (Å²) in [4.78, 5) is 0.143. The van der Waals surface area contributed by atoms with Gasteiger partial charge in [-0.25, -0.2) is 8.42 Å². The predicted molar refractivity (Wildman–Crippen MR) is 73.5 cm³/mol. The Morgan fingerprint density at radius 1 is 1.25 bits per heavy atom. The van der Waals surface area contributed by atoms with Gasteiger partial charge in [0.25, 0.3) is 0 Å². The zero-order chi connectivity index (χ0) is 14.8. The van der Waals surface area contributed by atoms with Gasteiger partial charge < -0.3 is 14.6 Å². The number of hydrogen-bond acceptors (Lipinski definition) is 5. The highest BCUT2D eigenvalue weighted by Crippen LogP contribution is 2.31. The first-order chi connectivity index (χ1) is 9.48. The van der Waals surface area contributed by atoms with E-state index >= 15 is 0 Å². The molecule has 2 rings (SSSR count). The summed E-state index contributed by atoms with van der Waals surface area (Å²) >= 11 is 0. The number of ether oxygens (including phenoxy) is 2. The maximum Gasteiger partial charge on any atom is 0.243 e. The summed E-state index contributed by atoms with van der Waals surface area (Å²) in [6.45, 7) is 0.560. The fraction of sp³-hybridized carbons (Fsp3) is 0.538. The molecule has 0 saturated carbocycles. The third-order valence-electron chi connectivity index (χ3n) is 3.35. The summed E-state index contributed by atoms with van der Waals surface area (Å²) in [5, 5.41) is 9.62. The lowest BCUT2D eigenvalue weighted by Crippen LogP contribution is -2.42. The number of aliphatic hydroxyl groups excluding tert-OH is 1. The van der Waals surface area contributed by atoms with Gasteiger partial charge in [-0.15, -0.1) is 0 Å². The Morgan fingerprint density at radius 3 is 2.55 bits per heavy atom. The summed E-state index contributed by atoms with van der Waals surface area (Å²) in [7, 11) is -0.664. The second kappa shape index (κ2) is 5.99. The van der Waals surface area contributed by atoms with Crippen molar-refractivity contribution >= 4 is 10.0 Å². The van der Waals surface area contributed by atoms with E-state index in [1.807, 2.05) is 0 Å². The highest BCUT2D eigenvalue weighted by Gasteiger charge is 2.30. The fourth-order valence-corrected chi connectivity index (χ4v) is 3.80. The molecule has 20 heavy (non-hydrogen) atoms. The molecule has 1 aliphatic rings. The molecule has 0 spiro atoms. The number of β-amino-alcohol motifs (C(OH)–C–C–N with tert-alkyl or cyclic N) is 1. The molecule has 1 atom stereocenters. The second-order valence-corrected chi connectivity index (χ2v) is 6.61. The van der Waals surface area contributed by atoms with Gasteiger partial charge in [0, 0.05) is 19.2 Å². The van der Waals surface area contributed by atoms with E-state index in [9.17, 15) is 13.5 Å². The number of hydrogen-bond donors (Lipinski definition) is 1. The molecule has 0 bridgehead atoms. The molecule has 0 aliphatic carbocycles. The third-order valence-corrected chi connectivity index (χ3v) is 5.21. The van der Waals surface area contributed by atoms with Crippen molar-refractivity contribution in [1.82, 2.24) is 4.31 Å². The van der Waals surface area contributed by atoms with E-state index in [4.69, 9.17) is 9.47 Å². The zero-order valence-electron chi connectivity index (χ0n) is 11.6. The average Bonchev–Trinajstić information content (AvgIpc) is 2.46. The Labute approximate surface area is 119 Å². The van der Waals surface area contributed by atoms with Gasteiger partial charge in [-0.2, -0.15) is 4.31 Å². The minimum absolute atomic E-state index is 0.136. The van der Waals surface area contributed by atoms with Gasteiger partial charge in [0.2, 0.25) is 10.0 Å². The lowest BCUT2D eigenvalue weighted by molar-refractivity contribution is 0.108. The molecule has 0 radical (unpaired) electrons. The van der Waals surface area contributed by atoms with Gasteiger partial charge in [-0.1, -0.05) is 0 Å². The number of methoxy groups -OCH3 is 2. The number of sulfonamides is 1. The van der Waals surface area contributed by atoms with Crippen LogP contribution in [0.15, 0.2) is 23.1 Å². The van der Waals surface area contributed by atoms with Crippen LogP contribution < -0.4 is 9.47 Å². The van der Waals surface area contributed by atoms with Gasteiger partial charge in [0.05, 0.1) is 25.2 Å². The zero-order valence-corrected chi connectivity index (χ0v) is 12.4. The van der Waals surface area contributed by atoms with Crippen molar-refractivity contribution in [3.05, 3.63) is 18.2 Å². The number of benzene rings is 1. The second-order valence-electron chi connectivity index (χ2n) is 4.68. The van der Waals surface area contributed by atoms with E-state index in [0.29, 0.717) is 30.9 Å². The van der Waals surface area contributed by atoms with Crippen LogP contribution in [0.5, 0.6) is 11.5 Å². The summed E-state index contributed by atoms with van der Waals surface area (Å²) in [5.41, 5.74) is 0. The largest absolute Gasteiger partial charge is 0.493 e. The molecule has 1 aromatic rings. The molecule has 1 aromatic carbocycles. The van der Waals surface area contributed by atoms with Crippen molar-refractivity contribution in [3.63, 3.8) is 0 Å². The Morgan fingerprint density at radius 2 is 1.95 bits per heavy atom. The monoisotopic (exact) mass is 301 g/mol. The van der Waals surface area contributed by atoms with E-state index in [1.54, 1.807) is 6.07 Å². The normalized spacial score (nSPS) is 20.6. The van der Waals surface area contributed by atoms with Gasteiger partial charge in [0.1, 0.15) is 0 Å². The van der Waals surface area contributed by atoms with Crippen molar-refractivity contribution in [2.45, 2.75) is 23.8 Å². The Balaban J connectivity index is 2.34. The highest BCUT2D eigenvalue weighted by atomic mass is 32.2. The predicted octanol–water partition coefficient (Wildman–Crippen LogP) is 0.849. The number of aliphatic hydroxyl groups is 1. The molecule has 0 aromatic heterocycles. The summed E-state index contributed by atoms with van der Waals surface area (Å²) in [5.74, 6) is 0.844. The molecular formula is C13H19NO5S. The maximum absolute atomic E-state index is 12.5.